The largest absolute Gasteiger partial charge is 0.465 e. The molecule has 2 N–H and O–H groups in total. The lowest BCUT2D eigenvalue weighted by Gasteiger charge is -2.38. The molecule has 0 spiro atoms. The van der Waals surface area contributed by atoms with Crippen molar-refractivity contribution in [2.45, 2.75) is 18.6 Å². The Balaban J connectivity index is 1.70. The van der Waals surface area contributed by atoms with E-state index in [-0.39, 0.29) is 18.5 Å². The van der Waals surface area contributed by atoms with E-state index in [2.05, 4.69) is 21.7 Å². The van der Waals surface area contributed by atoms with Crippen molar-refractivity contribution in [3.63, 3.8) is 0 Å². The molecule has 22 heavy (non-hydrogen) atoms. The van der Waals surface area contributed by atoms with Gasteiger partial charge in [0.2, 0.25) is 0 Å². The fraction of sp³-hybridized carbons (Fsp3) is 0.375. The van der Waals surface area contributed by atoms with E-state index in [0.717, 1.165) is 11.3 Å². The normalized spacial score (nSPS) is 26.6. The number of aliphatic hydroxyl groups excluding tert-OH is 1. The molecule has 1 saturated heterocycles. The van der Waals surface area contributed by atoms with Crippen molar-refractivity contribution in [2.24, 2.45) is 5.92 Å². The van der Waals surface area contributed by atoms with Crippen LogP contribution in [0.3, 0.4) is 0 Å². The minimum atomic E-state index is -0.965. The summed E-state index contributed by atoms with van der Waals surface area (Å²) in [6.07, 6.45) is 2.65. The molecule has 0 unspecified atom stereocenters. The second kappa shape index (κ2) is 4.84. The van der Waals surface area contributed by atoms with E-state index in [4.69, 9.17) is 5.11 Å². The van der Waals surface area contributed by atoms with Crippen LogP contribution in [-0.2, 0) is 0 Å². The van der Waals surface area contributed by atoms with Crippen LogP contribution >= 0.6 is 0 Å². The molecule has 2 aliphatic rings. The number of amides is 1. The number of piperidine rings is 1. The number of aliphatic hydroxyl groups is 1. The first-order valence-electron chi connectivity index (χ1n) is 7.44. The Hall–Kier alpha value is -2.34. The third-order valence-electron chi connectivity index (χ3n) is 4.83. The van der Waals surface area contributed by atoms with Crippen LogP contribution in [0.5, 0.6) is 0 Å². The average Bonchev–Trinajstić information content (AvgIpc) is 3.08. The predicted octanol–water partition coefficient (Wildman–Crippen LogP) is 1.81. The van der Waals surface area contributed by atoms with Gasteiger partial charge in [-0.2, -0.15) is 0 Å². The number of carboxylic acid groups (broad SMARTS) is 1. The quantitative estimate of drug-likeness (QED) is 0.842. The third kappa shape index (κ3) is 1.84. The highest BCUT2D eigenvalue weighted by atomic mass is 16.4. The van der Waals surface area contributed by atoms with Gasteiger partial charge in [-0.05, 0) is 12.0 Å². The van der Waals surface area contributed by atoms with Crippen molar-refractivity contribution in [1.82, 2.24) is 14.5 Å². The van der Waals surface area contributed by atoms with Gasteiger partial charge < -0.3 is 19.7 Å². The number of nitrogens with zero attached hydrogens (tertiary/aromatic N) is 3. The maximum absolute atomic E-state index is 11.1. The van der Waals surface area contributed by atoms with E-state index in [1.165, 1.54) is 10.5 Å². The zero-order chi connectivity index (χ0) is 15.3. The summed E-state index contributed by atoms with van der Waals surface area (Å²) < 4.78 is 2.11. The fourth-order valence-electron chi connectivity index (χ4n) is 3.80. The Morgan fingerprint density at radius 2 is 2.14 bits per heavy atom. The van der Waals surface area contributed by atoms with Gasteiger partial charge in [0, 0.05) is 18.0 Å². The van der Waals surface area contributed by atoms with Crippen LogP contribution in [0.4, 0.5) is 4.79 Å². The molecule has 0 radical (unpaired) electrons. The van der Waals surface area contributed by atoms with Crippen LogP contribution in [0.25, 0.3) is 11.3 Å². The Bertz CT molecular complexity index is 727. The molecule has 2 aliphatic heterocycles. The van der Waals surface area contributed by atoms with Gasteiger partial charge in [0.1, 0.15) is 0 Å². The summed E-state index contributed by atoms with van der Waals surface area (Å²) in [5.74, 6) is -0.00722. The first-order valence-corrected chi connectivity index (χ1v) is 7.44. The van der Waals surface area contributed by atoms with Gasteiger partial charge >= 0.3 is 6.09 Å². The molecule has 1 fully saturated rings. The summed E-state index contributed by atoms with van der Waals surface area (Å²) in [6.45, 7) is 0.627. The summed E-state index contributed by atoms with van der Waals surface area (Å²) in [7, 11) is 0. The maximum Gasteiger partial charge on any atom is 0.407 e. The zero-order valence-corrected chi connectivity index (χ0v) is 12.0. The van der Waals surface area contributed by atoms with Crippen molar-refractivity contribution < 1.29 is 15.0 Å². The van der Waals surface area contributed by atoms with Crippen molar-refractivity contribution in [2.75, 3.05) is 13.1 Å². The first-order chi connectivity index (χ1) is 10.7. The molecule has 3 heterocycles. The number of aromatic nitrogens is 2. The van der Waals surface area contributed by atoms with Crippen molar-refractivity contribution in [1.29, 1.82) is 0 Å². The van der Waals surface area contributed by atoms with E-state index in [9.17, 15) is 9.90 Å². The number of hydrogen-bond donors (Lipinski definition) is 2. The molecule has 4 rings (SSSR count). The summed E-state index contributed by atoms with van der Waals surface area (Å²) in [6, 6.07) is 8.19. The second-order valence-electron chi connectivity index (χ2n) is 5.97. The Labute approximate surface area is 127 Å². The van der Waals surface area contributed by atoms with Gasteiger partial charge in [0.25, 0.3) is 0 Å². The highest BCUT2D eigenvalue weighted by Gasteiger charge is 2.40. The van der Waals surface area contributed by atoms with Gasteiger partial charge in [-0.15, -0.1) is 0 Å². The molecule has 6 nitrogen and oxygen atoms in total. The van der Waals surface area contributed by atoms with E-state index in [1.807, 2.05) is 18.3 Å². The van der Waals surface area contributed by atoms with Crippen LogP contribution in [0.15, 0.2) is 36.8 Å². The van der Waals surface area contributed by atoms with E-state index >= 15 is 0 Å². The topological polar surface area (TPSA) is 78.6 Å². The van der Waals surface area contributed by atoms with E-state index in [0.29, 0.717) is 13.0 Å². The van der Waals surface area contributed by atoms with Crippen LogP contribution < -0.4 is 0 Å². The molecule has 1 amide bonds. The van der Waals surface area contributed by atoms with E-state index in [1.54, 1.807) is 6.33 Å². The number of imidazole rings is 1. The van der Waals surface area contributed by atoms with Crippen molar-refractivity contribution in [3.8, 4) is 11.3 Å². The SMILES string of the molecule is O=C(O)N1CC[C@@H]([C@@H]2c3ccccc3-c3cncn32)[C@H](O)C1. The van der Waals surface area contributed by atoms with E-state index < -0.39 is 12.2 Å². The Morgan fingerprint density at radius 1 is 1.32 bits per heavy atom. The lowest BCUT2D eigenvalue weighted by molar-refractivity contribution is 0.0111. The van der Waals surface area contributed by atoms with Crippen LogP contribution in [-0.4, -0.2) is 50.0 Å². The fourth-order valence-corrected chi connectivity index (χ4v) is 3.80. The van der Waals surface area contributed by atoms with Crippen LogP contribution in [0.1, 0.15) is 18.0 Å². The van der Waals surface area contributed by atoms with Gasteiger partial charge in [0.05, 0.1) is 36.9 Å². The number of β-amino-alcohol motifs (C(OH)–C–C–N with tert-alkyl or cyclic N) is 1. The number of hydrogen-bond acceptors (Lipinski definition) is 3. The van der Waals surface area contributed by atoms with Gasteiger partial charge in [-0.25, -0.2) is 9.78 Å². The molecule has 6 heteroatoms. The molecule has 1 aromatic heterocycles. The highest BCUT2D eigenvalue weighted by Crippen LogP contribution is 2.45. The molecule has 114 valence electrons. The molecule has 3 atom stereocenters. The Morgan fingerprint density at radius 3 is 2.91 bits per heavy atom. The number of rotatable bonds is 1. The molecular weight excluding hydrogens is 282 g/mol. The van der Waals surface area contributed by atoms with Crippen LogP contribution in [0, 0.1) is 5.92 Å². The summed E-state index contributed by atoms with van der Waals surface area (Å²) in [5.41, 5.74) is 3.40. The summed E-state index contributed by atoms with van der Waals surface area (Å²) >= 11 is 0. The molecule has 2 aromatic rings. The van der Waals surface area contributed by atoms with Crippen molar-refractivity contribution >= 4 is 6.09 Å². The third-order valence-corrected chi connectivity index (χ3v) is 4.83. The monoisotopic (exact) mass is 299 g/mol. The number of benzene rings is 1. The van der Waals surface area contributed by atoms with Gasteiger partial charge in [-0.3, -0.25) is 0 Å². The lowest BCUT2D eigenvalue weighted by atomic mass is 9.83. The van der Waals surface area contributed by atoms with Gasteiger partial charge in [0.15, 0.2) is 0 Å². The molecule has 0 bridgehead atoms. The highest BCUT2D eigenvalue weighted by molar-refractivity contribution is 5.69. The lowest BCUT2D eigenvalue weighted by Crippen LogP contribution is -2.48. The zero-order valence-electron chi connectivity index (χ0n) is 12.0. The molecular formula is C16H17N3O3. The minimum Gasteiger partial charge on any atom is -0.465 e. The molecule has 0 saturated carbocycles. The molecule has 1 aromatic carbocycles. The van der Waals surface area contributed by atoms with Crippen LogP contribution in [0.2, 0.25) is 0 Å². The number of likely N-dealkylation sites (tertiary alicyclic amines) is 1. The summed E-state index contributed by atoms with van der Waals surface area (Å²) in [4.78, 5) is 16.6. The molecule has 0 aliphatic carbocycles. The standard InChI is InChI=1S/C16H17N3O3/c20-14-8-18(16(21)22)6-5-12(14)15-11-4-2-1-3-10(11)13-7-17-9-19(13)15/h1-4,7,9,12,14-15,20H,5-6,8H2,(H,21,22)/t12-,14-,15+/m1/s1. The second-order valence-corrected chi connectivity index (χ2v) is 5.97. The average molecular weight is 299 g/mol. The number of fused-ring (bicyclic) bond motifs is 3. The maximum atomic E-state index is 11.1. The van der Waals surface area contributed by atoms with Crippen molar-refractivity contribution in [3.05, 3.63) is 42.4 Å². The predicted molar refractivity (Wildman–Crippen MR) is 79.5 cm³/mol. The Kier molecular flexibility index (Phi) is 2.94. The number of carbonyl (C=O) groups is 1. The van der Waals surface area contributed by atoms with Gasteiger partial charge in [-0.1, -0.05) is 24.3 Å². The summed E-state index contributed by atoms with van der Waals surface area (Å²) in [5, 5.41) is 19.6. The minimum absolute atomic E-state index is 0.00722. The smallest absolute Gasteiger partial charge is 0.407 e. The first kappa shape index (κ1) is 13.3.